The van der Waals surface area contributed by atoms with Crippen LogP contribution in [0, 0.1) is 11.3 Å². The van der Waals surface area contributed by atoms with Crippen molar-refractivity contribution in [2.24, 2.45) is 5.10 Å². The van der Waals surface area contributed by atoms with Crippen molar-refractivity contribution in [1.29, 1.82) is 5.26 Å². The Kier molecular flexibility index (Phi) is 7.79. The summed E-state index contributed by atoms with van der Waals surface area (Å²) in [6, 6.07) is 20.5. The fraction of sp³-hybridized carbons (Fsp3) is 0.185. The molecule has 4 aromatic rings. The Morgan fingerprint density at radius 2 is 1.89 bits per heavy atom. The van der Waals surface area contributed by atoms with Gasteiger partial charge in [0.15, 0.2) is 0 Å². The van der Waals surface area contributed by atoms with E-state index in [1.165, 1.54) is 4.68 Å². The van der Waals surface area contributed by atoms with Crippen LogP contribution in [0.3, 0.4) is 0 Å². The maximum Gasteiger partial charge on any atom is 0.282 e. The highest BCUT2D eigenvalue weighted by atomic mass is 79.9. The second kappa shape index (κ2) is 11.0. The zero-order valence-electron chi connectivity index (χ0n) is 19.2. The number of fused-ring (bicyclic) bond motifs is 1. The number of benzene rings is 3. The van der Waals surface area contributed by atoms with Crippen molar-refractivity contribution in [3.05, 3.63) is 102 Å². The molecule has 35 heavy (non-hydrogen) atoms. The third-order valence-corrected chi connectivity index (χ3v) is 6.68. The summed E-state index contributed by atoms with van der Waals surface area (Å²) in [4.78, 5) is 18.1. The van der Waals surface area contributed by atoms with Gasteiger partial charge in [0, 0.05) is 26.0 Å². The summed E-state index contributed by atoms with van der Waals surface area (Å²) in [5.74, 6) is 1.22. The van der Waals surface area contributed by atoms with Gasteiger partial charge in [-0.3, -0.25) is 4.79 Å². The lowest BCUT2D eigenvalue weighted by atomic mass is 10.1. The highest BCUT2D eigenvalue weighted by molar-refractivity contribution is 9.10. The van der Waals surface area contributed by atoms with E-state index >= 15 is 0 Å². The SMILES string of the molecule is CC[C@@H](C)c1nc2ccc(Br)cc2c(=O)n1N=Cc1cc(Br)ccc1OCc1ccccc1C#N. The molecular formula is C27H22Br2N4O2. The monoisotopic (exact) mass is 592 g/mol. The van der Waals surface area contributed by atoms with Gasteiger partial charge in [0.05, 0.1) is 28.8 Å². The summed E-state index contributed by atoms with van der Waals surface area (Å²) in [5, 5.41) is 14.4. The smallest absolute Gasteiger partial charge is 0.282 e. The molecule has 1 aromatic heterocycles. The van der Waals surface area contributed by atoms with E-state index in [4.69, 9.17) is 9.72 Å². The van der Waals surface area contributed by atoms with Crippen LogP contribution in [0.4, 0.5) is 0 Å². The second-order valence-corrected chi connectivity index (χ2v) is 9.87. The molecule has 1 heterocycles. The van der Waals surface area contributed by atoms with Crippen molar-refractivity contribution in [2.45, 2.75) is 32.8 Å². The molecule has 0 aliphatic heterocycles. The predicted molar refractivity (Wildman–Crippen MR) is 145 cm³/mol. The Bertz CT molecular complexity index is 1520. The van der Waals surface area contributed by atoms with Gasteiger partial charge in [0.1, 0.15) is 18.2 Å². The average Bonchev–Trinajstić information content (AvgIpc) is 2.87. The van der Waals surface area contributed by atoms with Gasteiger partial charge < -0.3 is 4.74 Å². The van der Waals surface area contributed by atoms with E-state index in [1.54, 1.807) is 18.3 Å². The summed E-state index contributed by atoms with van der Waals surface area (Å²) in [6.07, 6.45) is 2.42. The van der Waals surface area contributed by atoms with E-state index < -0.39 is 0 Å². The van der Waals surface area contributed by atoms with Crippen LogP contribution in [0.15, 0.2) is 79.5 Å². The first-order valence-electron chi connectivity index (χ1n) is 11.1. The minimum Gasteiger partial charge on any atom is -0.488 e. The van der Waals surface area contributed by atoms with Gasteiger partial charge in [-0.15, -0.1) is 0 Å². The van der Waals surface area contributed by atoms with Crippen LogP contribution in [0.25, 0.3) is 10.9 Å². The maximum absolute atomic E-state index is 13.4. The van der Waals surface area contributed by atoms with Gasteiger partial charge in [-0.25, -0.2) is 4.98 Å². The predicted octanol–water partition coefficient (Wildman–Crippen LogP) is 6.77. The number of hydrogen-bond acceptors (Lipinski definition) is 5. The second-order valence-electron chi connectivity index (χ2n) is 8.04. The minimum atomic E-state index is -0.233. The van der Waals surface area contributed by atoms with E-state index in [0.717, 1.165) is 20.9 Å². The standard InChI is InChI=1S/C27H22Br2N4O2/c1-3-17(2)26-32-24-10-8-22(29)13-23(24)27(34)33(26)31-15-20-12-21(28)9-11-25(20)35-16-19-7-5-4-6-18(19)14-30/h4-13,15,17H,3,16H2,1-2H3/t17-/m1/s1. The largest absolute Gasteiger partial charge is 0.488 e. The van der Waals surface area contributed by atoms with Crippen molar-refractivity contribution in [1.82, 2.24) is 9.66 Å². The molecule has 0 fully saturated rings. The first-order chi connectivity index (χ1) is 16.9. The molecule has 0 saturated heterocycles. The zero-order chi connectivity index (χ0) is 24.9. The Morgan fingerprint density at radius 1 is 1.14 bits per heavy atom. The van der Waals surface area contributed by atoms with Crippen molar-refractivity contribution < 1.29 is 4.74 Å². The highest BCUT2D eigenvalue weighted by Crippen LogP contribution is 2.24. The molecule has 0 N–H and O–H groups in total. The molecule has 0 amide bonds. The van der Waals surface area contributed by atoms with Crippen molar-refractivity contribution in [3.63, 3.8) is 0 Å². The van der Waals surface area contributed by atoms with E-state index in [-0.39, 0.29) is 18.1 Å². The summed E-state index contributed by atoms with van der Waals surface area (Å²) in [5.41, 5.74) is 2.45. The molecule has 0 radical (unpaired) electrons. The molecular weight excluding hydrogens is 572 g/mol. The zero-order valence-corrected chi connectivity index (χ0v) is 22.4. The molecule has 0 saturated carbocycles. The summed E-state index contributed by atoms with van der Waals surface area (Å²) in [7, 11) is 0. The van der Waals surface area contributed by atoms with Crippen molar-refractivity contribution in [2.75, 3.05) is 0 Å². The van der Waals surface area contributed by atoms with Crippen LogP contribution in [-0.4, -0.2) is 15.9 Å². The number of ether oxygens (including phenoxy) is 1. The summed E-state index contributed by atoms with van der Waals surface area (Å²) in [6.45, 7) is 4.31. The topological polar surface area (TPSA) is 80.3 Å². The molecule has 8 heteroatoms. The third kappa shape index (κ3) is 5.53. The Balaban J connectivity index is 1.75. The fourth-order valence-corrected chi connectivity index (χ4v) is 4.30. The van der Waals surface area contributed by atoms with Crippen LogP contribution in [0.2, 0.25) is 0 Å². The number of hydrogen-bond donors (Lipinski definition) is 0. The van der Waals surface area contributed by atoms with Crippen LogP contribution in [0.1, 0.15) is 48.7 Å². The molecule has 3 aromatic carbocycles. The van der Waals surface area contributed by atoms with Crippen molar-refractivity contribution in [3.8, 4) is 11.8 Å². The molecule has 0 spiro atoms. The van der Waals surface area contributed by atoms with Crippen molar-refractivity contribution >= 4 is 49.0 Å². The summed E-state index contributed by atoms with van der Waals surface area (Å²) >= 11 is 6.93. The van der Waals surface area contributed by atoms with Crippen LogP contribution >= 0.6 is 31.9 Å². The van der Waals surface area contributed by atoms with Crippen LogP contribution < -0.4 is 10.3 Å². The lowest BCUT2D eigenvalue weighted by molar-refractivity contribution is 0.305. The first-order valence-corrected chi connectivity index (χ1v) is 12.7. The van der Waals surface area contributed by atoms with Gasteiger partial charge >= 0.3 is 0 Å². The first kappa shape index (κ1) is 24.8. The molecule has 4 rings (SSSR count). The molecule has 176 valence electrons. The molecule has 0 unspecified atom stereocenters. The van der Waals surface area contributed by atoms with Gasteiger partial charge in [-0.05, 0) is 48.9 Å². The van der Waals surface area contributed by atoms with E-state index in [1.807, 2.05) is 55.5 Å². The number of nitrogens with zero attached hydrogens (tertiary/aromatic N) is 4. The molecule has 0 aliphatic rings. The fourth-order valence-electron chi connectivity index (χ4n) is 3.56. The normalized spacial score (nSPS) is 12.1. The Labute approximate surface area is 220 Å². The third-order valence-electron chi connectivity index (χ3n) is 5.69. The lowest BCUT2D eigenvalue weighted by Gasteiger charge is -2.14. The molecule has 0 aliphatic carbocycles. The van der Waals surface area contributed by atoms with E-state index in [2.05, 4.69) is 50.0 Å². The number of halogens is 2. The maximum atomic E-state index is 13.4. The molecule has 0 bridgehead atoms. The average molecular weight is 594 g/mol. The molecule has 1 atom stereocenters. The van der Waals surface area contributed by atoms with Gasteiger partial charge in [0.25, 0.3) is 5.56 Å². The quantitative estimate of drug-likeness (QED) is 0.222. The minimum absolute atomic E-state index is 0.0358. The van der Waals surface area contributed by atoms with Crippen LogP contribution in [-0.2, 0) is 6.61 Å². The number of nitriles is 1. The Hall–Kier alpha value is -3.28. The Morgan fingerprint density at radius 3 is 2.66 bits per heavy atom. The highest BCUT2D eigenvalue weighted by Gasteiger charge is 2.16. The summed E-state index contributed by atoms with van der Waals surface area (Å²) < 4.78 is 9.07. The van der Waals surface area contributed by atoms with Crippen LogP contribution in [0.5, 0.6) is 5.75 Å². The van der Waals surface area contributed by atoms with Gasteiger partial charge in [-0.2, -0.15) is 15.0 Å². The lowest BCUT2D eigenvalue weighted by Crippen LogP contribution is -2.23. The molecule has 6 nitrogen and oxygen atoms in total. The number of aromatic nitrogens is 2. The number of rotatable bonds is 7. The van der Waals surface area contributed by atoms with E-state index in [0.29, 0.717) is 33.6 Å². The van der Waals surface area contributed by atoms with Gasteiger partial charge in [-0.1, -0.05) is 63.9 Å². The van der Waals surface area contributed by atoms with E-state index in [9.17, 15) is 10.1 Å². The van der Waals surface area contributed by atoms with Gasteiger partial charge in [0.2, 0.25) is 0 Å².